The van der Waals surface area contributed by atoms with Gasteiger partial charge in [-0.15, -0.1) is 0 Å². The van der Waals surface area contributed by atoms with E-state index in [1.54, 1.807) is 6.07 Å². The molecule has 2 atom stereocenters. The molecule has 1 N–H and O–H groups in total. The van der Waals surface area contributed by atoms with Crippen LogP contribution in [0.2, 0.25) is 0 Å². The second-order valence-corrected chi connectivity index (χ2v) is 15.3. The minimum Gasteiger partial charge on any atom is -0.497 e. The molecule has 0 fully saturated rings. The van der Waals surface area contributed by atoms with E-state index < -0.39 is 52.9 Å². The van der Waals surface area contributed by atoms with Crippen LogP contribution in [0.3, 0.4) is 0 Å². The third-order valence-electron chi connectivity index (χ3n) is 7.86. The molecule has 11 heteroatoms. The summed E-state index contributed by atoms with van der Waals surface area (Å²) >= 11 is 0. The van der Waals surface area contributed by atoms with Gasteiger partial charge in [0.2, 0.25) is 4.75 Å². The molecule has 0 spiro atoms. The molecule has 0 aromatic heterocycles. The van der Waals surface area contributed by atoms with Gasteiger partial charge in [0.25, 0.3) is 0 Å². The Balaban J connectivity index is 2.70. The van der Waals surface area contributed by atoms with E-state index in [1.807, 2.05) is 0 Å². The average Bonchev–Trinajstić information content (AvgIpc) is 3.01. The summed E-state index contributed by atoms with van der Waals surface area (Å²) in [7, 11) is -8.48. The van der Waals surface area contributed by atoms with Gasteiger partial charge < -0.3 is 14.6 Å². The number of rotatable bonds is 22. The standard InChI is InChI=1S/C33H48O9S2/c1-4-6-8-10-12-17-25-33(44(39,40)29-19-15-14-16-20-29,32(36)42-26-18-13-11-9-7-5-2)30(31(34)35)43(37,38)28-23-21-27(41-3)22-24-28/h14-16,19-24,30H,4-13,17-18,25-26H2,1-3H3,(H,34,35). The maximum Gasteiger partial charge on any atom is 0.329 e. The van der Waals surface area contributed by atoms with Gasteiger partial charge >= 0.3 is 11.9 Å². The molecule has 0 amide bonds. The molecule has 0 radical (unpaired) electrons. The fourth-order valence-corrected chi connectivity index (χ4v) is 9.90. The first-order valence-electron chi connectivity index (χ1n) is 15.6. The zero-order chi connectivity index (χ0) is 32.6. The quantitative estimate of drug-likeness (QED) is 0.107. The van der Waals surface area contributed by atoms with Gasteiger partial charge in [-0.2, -0.15) is 0 Å². The molecule has 0 saturated heterocycles. The first-order valence-corrected chi connectivity index (χ1v) is 18.6. The molecule has 2 aromatic rings. The summed E-state index contributed by atoms with van der Waals surface area (Å²) in [6.45, 7) is 4.00. The molecule has 246 valence electrons. The number of ether oxygens (including phenoxy) is 2. The first kappa shape index (κ1) is 37.3. The molecule has 0 bridgehead atoms. The molecule has 2 unspecified atom stereocenters. The smallest absolute Gasteiger partial charge is 0.329 e. The summed E-state index contributed by atoms with van der Waals surface area (Å²) in [6, 6.07) is 11.9. The number of carboxylic acids is 1. The molecular formula is C33H48O9S2. The van der Waals surface area contributed by atoms with Crippen molar-refractivity contribution in [3.8, 4) is 5.75 Å². The number of esters is 1. The second-order valence-electron chi connectivity index (χ2n) is 11.1. The van der Waals surface area contributed by atoms with Gasteiger partial charge in [0, 0.05) is 0 Å². The lowest BCUT2D eigenvalue weighted by molar-refractivity contribution is -0.151. The molecule has 2 rings (SSSR count). The van der Waals surface area contributed by atoms with Crippen molar-refractivity contribution in [2.45, 2.75) is 117 Å². The normalized spacial score (nSPS) is 14.0. The van der Waals surface area contributed by atoms with Crippen LogP contribution in [0.15, 0.2) is 64.4 Å². The van der Waals surface area contributed by atoms with Crippen LogP contribution in [-0.2, 0) is 34.0 Å². The number of unbranched alkanes of at least 4 members (excludes halogenated alkanes) is 10. The highest BCUT2D eigenvalue weighted by Gasteiger charge is 2.65. The van der Waals surface area contributed by atoms with Crippen LogP contribution in [0.25, 0.3) is 0 Å². The summed E-state index contributed by atoms with van der Waals surface area (Å²) in [5.41, 5.74) is 0. The van der Waals surface area contributed by atoms with Gasteiger partial charge in [0.15, 0.2) is 24.9 Å². The summed E-state index contributed by atoms with van der Waals surface area (Å²) in [6.07, 6.45) is 8.85. The number of benzene rings is 2. The Kier molecular flexibility index (Phi) is 15.4. The summed E-state index contributed by atoms with van der Waals surface area (Å²) in [5, 5.41) is 7.89. The first-order chi connectivity index (χ1) is 21.0. The van der Waals surface area contributed by atoms with E-state index in [-0.39, 0.29) is 17.9 Å². The van der Waals surface area contributed by atoms with Crippen LogP contribution in [-0.4, -0.2) is 57.6 Å². The predicted octanol–water partition coefficient (Wildman–Crippen LogP) is 6.79. The van der Waals surface area contributed by atoms with Crippen LogP contribution in [0.5, 0.6) is 5.75 Å². The highest BCUT2D eigenvalue weighted by Crippen LogP contribution is 2.41. The number of carbonyl (C=O) groups is 2. The lowest BCUT2D eigenvalue weighted by Gasteiger charge is -2.35. The van der Waals surface area contributed by atoms with E-state index in [0.29, 0.717) is 18.6 Å². The topological polar surface area (TPSA) is 141 Å². The molecule has 2 aromatic carbocycles. The fourth-order valence-electron chi connectivity index (χ4n) is 5.36. The summed E-state index contributed by atoms with van der Waals surface area (Å²) in [5.74, 6) is -2.97. The number of carboxylic acid groups (broad SMARTS) is 1. The molecule has 0 aliphatic heterocycles. The average molecular weight is 653 g/mol. The van der Waals surface area contributed by atoms with Crippen molar-refractivity contribution >= 4 is 31.6 Å². The van der Waals surface area contributed by atoms with Crippen LogP contribution >= 0.6 is 0 Å². The third-order valence-corrected chi connectivity index (χ3v) is 12.6. The van der Waals surface area contributed by atoms with Gasteiger partial charge in [0.1, 0.15) is 5.75 Å². The van der Waals surface area contributed by atoms with Gasteiger partial charge in [-0.1, -0.05) is 103 Å². The van der Waals surface area contributed by atoms with E-state index in [4.69, 9.17) is 9.47 Å². The number of sulfone groups is 2. The molecule has 44 heavy (non-hydrogen) atoms. The Morgan fingerprint density at radius 1 is 0.727 bits per heavy atom. The van der Waals surface area contributed by atoms with Crippen molar-refractivity contribution in [2.24, 2.45) is 0 Å². The number of carbonyl (C=O) groups excluding carboxylic acids is 1. The largest absolute Gasteiger partial charge is 0.497 e. The Hall–Kier alpha value is -2.92. The highest BCUT2D eigenvalue weighted by atomic mass is 32.2. The minimum absolute atomic E-state index is 0.115. The summed E-state index contributed by atoms with van der Waals surface area (Å²) in [4.78, 5) is 26.4. The zero-order valence-electron chi connectivity index (χ0n) is 26.2. The second kappa shape index (κ2) is 18.1. The third kappa shape index (κ3) is 9.30. The monoisotopic (exact) mass is 652 g/mol. The minimum atomic E-state index is -4.95. The van der Waals surface area contributed by atoms with Gasteiger partial charge in [-0.3, -0.25) is 9.59 Å². The Morgan fingerprint density at radius 2 is 1.25 bits per heavy atom. The lowest BCUT2D eigenvalue weighted by Crippen LogP contribution is -2.62. The molecule has 0 heterocycles. The maximum absolute atomic E-state index is 14.5. The van der Waals surface area contributed by atoms with Crippen LogP contribution in [0, 0.1) is 0 Å². The molecular weight excluding hydrogens is 604 g/mol. The molecule has 0 aliphatic rings. The number of aliphatic carboxylic acids is 1. The number of methoxy groups -OCH3 is 1. The van der Waals surface area contributed by atoms with Gasteiger partial charge in [0.05, 0.1) is 23.5 Å². The predicted molar refractivity (Wildman–Crippen MR) is 170 cm³/mol. The molecule has 9 nitrogen and oxygen atoms in total. The molecule has 0 aliphatic carbocycles. The Bertz CT molecular complexity index is 1370. The lowest BCUT2D eigenvalue weighted by atomic mass is 9.95. The van der Waals surface area contributed by atoms with Gasteiger partial charge in [-0.25, -0.2) is 16.8 Å². The van der Waals surface area contributed by atoms with Crippen LogP contribution in [0.1, 0.15) is 97.3 Å². The van der Waals surface area contributed by atoms with Crippen molar-refractivity contribution < 1.29 is 41.0 Å². The van der Waals surface area contributed by atoms with E-state index in [2.05, 4.69) is 13.8 Å². The van der Waals surface area contributed by atoms with E-state index in [0.717, 1.165) is 69.9 Å². The van der Waals surface area contributed by atoms with Crippen molar-refractivity contribution in [3.05, 3.63) is 54.6 Å². The van der Waals surface area contributed by atoms with Crippen LogP contribution in [0.4, 0.5) is 0 Å². The van der Waals surface area contributed by atoms with Crippen LogP contribution < -0.4 is 4.74 Å². The van der Waals surface area contributed by atoms with Gasteiger partial charge in [-0.05, 0) is 49.2 Å². The fraction of sp³-hybridized carbons (Fsp3) is 0.576. The van der Waals surface area contributed by atoms with E-state index >= 15 is 0 Å². The van der Waals surface area contributed by atoms with E-state index in [9.17, 15) is 31.5 Å². The zero-order valence-corrected chi connectivity index (χ0v) is 27.8. The Morgan fingerprint density at radius 3 is 1.77 bits per heavy atom. The van der Waals surface area contributed by atoms with Crippen molar-refractivity contribution in [1.29, 1.82) is 0 Å². The van der Waals surface area contributed by atoms with E-state index in [1.165, 1.54) is 43.5 Å². The summed E-state index contributed by atoms with van der Waals surface area (Å²) < 4.78 is 65.1. The Labute approximate surface area is 263 Å². The van der Waals surface area contributed by atoms with Crippen molar-refractivity contribution in [3.63, 3.8) is 0 Å². The molecule has 0 saturated carbocycles. The van der Waals surface area contributed by atoms with Crippen molar-refractivity contribution in [1.82, 2.24) is 0 Å². The highest BCUT2D eigenvalue weighted by molar-refractivity contribution is 7.97. The maximum atomic E-state index is 14.5. The SMILES string of the molecule is CCCCCCCCOC(=O)C(CCCCCCCC)(C(C(=O)O)S(=O)(=O)c1ccc(OC)cc1)S(=O)(=O)c1ccccc1. The number of hydrogen-bond donors (Lipinski definition) is 1. The van der Waals surface area contributed by atoms with Crippen molar-refractivity contribution in [2.75, 3.05) is 13.7 Å². The number of hydrogen-bond acceptors (Lipinski definition) is 8.